The van der Waals surface area contributed by atoms with Crippen LogP contribution in [0.2, 0.25) is 0 Å². The molecule has 1 fully saturated rings. The zero-order valence-corrected chi connectivity index (χ0v) is 19.7. The topological polar surface area (TPSA) is 72.6 Å². The number of benzene rings is 1. The zero-order chi connectivity index (χ0) is 24.3. The van der Waals surface area contributed by atoms with Crippen molar-refractivity contribution in [2.24, 2.45) is 10.9 Å². The van der Waals surface area contributed by atoms with Gasteiger partial charge in [-0.25, -0.2) is 0 Å². The average Bonchev–Trinajstić information content (AvgIpc) is 3.49. The van der Waals surface area contributed by atoms with Gasteiger partial charge in [0.05, 0.1) is 24.5 Å². The van der Waals surface area contributed by atoms with E-state index in [9.17, 15) is 18.0 Å². The van der Waals surface area contributed by atoms with E-state index in [1.54, 1.807) is 6.07 Å². The Balaban J connectivity index is 1.47. The molecule has 1 aliphatic carbocycles. The van der Waals surface area contributed by atoms with Gasteiger partial charge < -0.3 is 9.64 Å². The summed E-state index contributed by atoms with van der Waals surface area (Å²) in [6.07, 6.45) is -3.49. The first kappa shape index (κ1) is 22.4. The molecule has 2 aromatic heterocycles. The van der Waals surface area contributed by atoms with Crippen molar-refractivity contribution >= 4 is 23.0 Å². The minimum atomic E-state index is -4.52. The summed E-state index contributed by atoms with van der Waals surface area (Å²) in [7, 11) is 0. The number of carbonyl (C=O) groups is 1. The van der Waals surface area contributed by atoms with Crippen LogP contribution in [0, 0.1) is 12.8 Å². The van der Waals surface area contributed by atoms with E-state index in [4.69, 9.17) is 4.74 Å². The Kier molecular flexibility index (Phi) is 5.29. The van der Waals surface area contributed by atoms with Crippen LogP contribution in [-0.4, -0.2) is 57.6 Å². The molecule has 1 amide bonds. The number of nitrogens with zero attached hydrogens (tertiary/aromatic N) is 5. The van der Waals surface area contributed by atoms with Gasteiger partial charge in [-0.1, -0.05) is 18.2 Å². The molecular weight excluding hydrogens is 479 g/mol. The number of hydrogen-bond donors (Lipinski definition) is 0. The van der Waals surface area contributed by atoms with Crippen LogP contribution in [0.4, 0.5) is 13.2 Å². The highest BCUT2D eigenvalue weighted by Crippen LogP contribution is 2.44. The van der Waals surface area contributed by atoms with Crippen molar-refractivity contribution in [3.05, 3.63) is 63.0 Å². The van der Waals surface area contributed by atoms with Crippen molar-refractivity contribution in [3.8, 4) is 5.00 Å². The minimum Gasteiger partial charge on any atom is -0.378 e. The second kappa shape index (κ2) is 8.27. The predicted molar refractivity (Wildman–Crippen MR) is 123 cm³/mol. The molecule has 11 heteroatoms. The van der Waals surface area contributed by atoms with Crippen molar-refractivity contribution in [2.75, 3.05) is 26.3 Å². The first-order valence-corrected chi connectivity index (χ1v) is 12.3. The minimum absolute atomic E-state index is 0.0428. The summed E-state index contributed by atoms with van der Waals surface area (Å²) >= 11 is 1.50. The number of carbonyl (C=O) groups excluding carboxylic acids is 1. The van der Waals surface area contributed by atoms with E-state index in [2.05, 4.69) is 15.2 Å². The number of aryl methyl sites for hydroxylation is 1. The summed E-state index contributed by atoms with van der Waals surface area (Å²) in [4.78, 5) is 20.7. The second-order valence-corrected chi connectivity index (χ2v) is 10.0. The van der Waals surface area contributed by atoms with Gasteiger partial charge >= 0.3 is 6.18 Å². The monoisotopic (exact) mass is 501 g/mol. The lowest BCUT2D eigenvalue weighted by molar-refractivity contribution is -0.139. The number of morpholine rings is 1. The highest BCUT2D eigenvalue weighted by molar-refractivity contribution is 7.15. The van der Waals surface area contributed by atoms with Crippen LogP contribution in [0.5, 0.6) is 0 Å². The predicted octanol–water partition coefficient (Wildman–Crippen LogP) is 3.58. The molecule has 6 rings (SSSR count). The third-order valence-corrected chi connectivity index (χ3v) is 8.06. The fourth-order valence-corrected chi connectivity index (χ4v) is 6.67. The molecule has 4 heterocycles. The molecule has 1 atom stereocenters. The van der Waals surface area contributed by atoms with Gasteiger partial charge in [-0.15, -0.1) is 21.5 Å². The van der Waals surface area contributed by atoms with E-state index in [0.717, 1.165) is 21.5 Å². The lowest BCUT2D eigenvalue weighted by Crippen LogP contribution is -2.44. The van der Waals surface area contributed by atoms with Gasteiger partial charge in [0, 0.05) is 35.0 Å². The molecule has 0 N–H and O–H groups in total. The largest absolute Gasteiger partial charge is 0.417 e. The summed E-state index contributed by atoms with van der Waals surface area (Å²) in [5, 5.41) is 9.17. The van der Waals surface area contributed by atoms with Gasteiger partial charge in [-0.2, -0.15) is 13.2 Å². The molecule has 0 radical (unpaired) electrons. The molecule has 0 saturated carbocycles. The van der Waals surface area contributed by atoms with Crippen LogP contribution < -0.4 is 0 Å². The van der Waals surface area contributed by atoms with Crippen molar-refractivity contribution in [2.45, 2.75) is 32.5 Å². The van der Waals surface area contributed by atoms with E-state index in [1.165, 1.54) is 23.5 Å². The van der Waals surface area contributed by atoms with E-state index >= 15 is 0 Å². The Bertz CT molecular complexity index is 1350. The van der Waals surface area contributed by atoms with Crippen LogP contribution >= 0.6 is 11.3 Å². The number of amides is 1. The zero-order valence-electron chi connectivity index (χ0n) is 18.9. The van der Waals surface area contributed by atoms with Gasteiger partial charge in [0.1, 0.15) is 17.4 Å². The second-order valence-electron chi connectivity index (χ2n) is 8.93. The fourth-order valence-electron chi connectivity index (χ4n) is 5.20. The van der Waals surface area contributed by atoms with Crippen LogP contribution in [0.25, 0.3) is 5.00 Å². The van der Waals surface area contributed by atoms with E-state index in [1.807, 2.05) is 16.4 Å². The maximum Gasteiger partial charge on any atom is 0.417 e. The molecule has 35 heavy (non-hydrogen) atoms. The van der Waals surface area contributed by atoms with Crippen LogP contribution in [0.15, 0.2) is 29.3 Å². The molecule has 1 unspecified atom stereocenters. The number of hydrogen-bond acceptors (Lipinski definition) is 6. The Hall–Kier alpha value is -3.05. The third-order valence-electron chi connectivity index (χ3n) is 6.82. The molecular formula is C24H22F3N5O2S. The first-order chi connectivity index (χ1) is 16.8. The van der Waals surface area contributed by atoms with E-state index in [0.29, 0.717) is 62.1 Å². The Labute approximate surface area is 203 Å². The normalized spacial score (nSPS) is 19.6. The molecule has 7 nitrogen and oxygen atoms in total. The number of aliphatic imine (C=N–C) groups is 1. The first-order valence-electron chi connectivity index (χ1n) is 11.5. The van der Waals surface area contributed by atoms with Crippen molar-refractivity contribution in [1.29, 1.82) is 0 Å². The number of fused-ring (bicyclic) bond motifs is 5. The van der Waals surface area contributed by atoms with Crippen LogP contribution in [0.1, 0.15) is 38.8 Å². The van der Waals surface area contributed by atoms with Gasteiger partial charge in [-0.05, 0) is 31.4 Å². The molecule has 1 aromatic carbocycles. The molecule has 3 aromatic rings. The highest BCUT2D eigenvalue weighted by atomic mass is 32.1. The molecule has 0 spiro atoms. The molecule has 182 valence electrons. The lowest BCUT2D eigenvalue weighted by atomic mass is 9.94. The number of ether oxygens (including phenoxy) is 1. The molecule has 2 aliphatic heterocycles. The fraction of sp³-hybridized carbons (Fsp3) is 0.417. The molecule has 3 aliphatic rings. The maximum atomic E-state index is 14.0. The van der Waals surface area contributed by atoms with Gasteiger partial charge in [0.2, 0.25) is 5.91 Å². The maximum absolute atomic E-state index is 14.0. The number of aromatic nitrogens is 3. The van der Waals surface area contributed by atoms with E-state index in [-0.39, 0.29) is 23.9 Å². The number of rotatable bonds is 2. The number of alkyl halides is 3. The SMILES string of the molecule is Cc1nnc2n1-c1sc3c(c1C(c1ccccc1C(F)(F)F)=NC2)CC(C(=O)N1CCOCC1)C3. The van der Waals surface area contributed by atoms with Crippen molar-refractivity contribution < 1.29 is 22.7 Å². The Morgan fingerprint density at radius 1 is 1.14 bits per heavy atom. The lowest BCUT2D eigenvalue weighted by Gasteiger charge is -2.29. The standard InChI is InChI=1S/C24H22F3N5O2S/c1-13-29-30-19-12-28-21(15-4-2-3-5-17(15)24(25,26)27)20-16-10-14(11-18(16)35-23(20)32(13)19)22(33)31-6-8-34-9-7-31/h2-5,14H,6-12H2,1H3. The van der Waals surface area contributed by atoms with Gasteiger partial charge in [0.15, 0.2) is 5.82 Å². The van der Waals surface area contributed by atoms with Gasteiger partial charge in [0.25, 0.3) is 0 Å². The summed E-state index contributed by atoms with van der Waals surface area (Å²) < 4.78 is 49.2. The summed E-state index contributed by atoms with van der Waals surface area (Å²) in [5.74, 6) is 1.09. The average molecular weight is 502 g/mol. The quantitative estimate of drug-likeness (QED) is 0.538. The smallest absolute Gasteiger partial charge is 0.378 e. The molecule has 0 bridgehead atoms. The van der Waals surface area contributed by atoms with E-state index < -0.39 is 11.7 Å². The van der Waals surface area contributed by atoms with Gasteiger partial charge in [-0.3, -0.25) is 14.4 Å². The Morgan fingerprint density at radius 3 is 2.69 bits per heavy atom. The number of thiophene rings is 1. The summed E-state index contributed by atoms with van der Waals surface area (Å²) in [6, 6.07) is 5.55. The molecule has 1 saturated heterocycles. The van der Waals surface area contributed by atoms with Crippen LogP contribution in [0.3, 0.4) is 0 Å². The van der Waals surface area contributed by atoms with Crippen LogP contribution in [-0.2, 0) is 35.1 Å². The third kappa shape index (κ3) is 3.68. The van der Waals surface area contributed by atoms with Crippen molar-refractivity contribution in [3.63, 3.8) is 0 Å². The Morgan fingerprint density at radius 2 is 1.91 bits per heavy atom. The van der Waals surface area contributed by atoms with Crippen molar-refractivity contribution in [1.82, 2.24) is 19.7 Å². The summed E-state index contributed by atoms with van der Waals surface area (Å²) in [5.41, 5.74) is 1.20. The number of halogens is 3. The summed E-state index contributed by atoms with van der Waals surface area (Å²) in [6.45, 7) is 4.12. The highest BCUT2D eigenvalue weighted by Gasteiger charge is 2.40.